The van der Waals surface area contributed by atoms with E-state index in [2.05, 4.69) is 19.9 Å². The normalized spacial score (nSPS) is 19.4. The molecular weight excluding hydrogens is 252 g/mol. The van der Waals surface area contributed by atoms with Crippen LogP contribution in [0.25, 0.3) is 11.0 Å². The lowest BCUT2D eigenvalue weighted by atomic mass is 10.2. The predicted molar refractivity (Wildman–Crippen MR) is 68.2 cm³/mol. The van der Waals surface area contributed by atoms with E-state index in [0.717, 1.165) is 23.3 Å². The van der Waals surface area contributed by atoms with E-state index in [9.17, 15) is 4.79 Å². The molecule has 0 aromatic carbocycles. The molecule has 94 valence electrons. The van der Waals surface area contributed by atoms with Gasteiger partial charge in [0.15, 0.2) is 0 Å². The largest absolute Gasteiger partial charge is 0.352 e. The fourth-order valence-corrected chi connectivity index (χ4v) is 2.58. The minimum absolute atomic E-state index is 0.124. The molecule has 3 rings (SSSR count). The number of hydrogen-bond donors (Lipinski definition) is 1. The second kappa shape index (κ2) is 4.57. The Balaban J connectivity index is 1.96. The summed E-state index contributed by atoms with van der Waals surface area (Å²) in [6.07, 6.45) is 4.95. The van der Waals surface area contributed by atoms with Crippen LogP contribution in [0.15, 0.2) is 18.5 Å². The second-order valence-electron chi connectivity index (χ2n) is 4.44. The van der Waals surface area contributed by atoms with Crippen LogP contribution in [-0.4, -0.2) is 26.5 Å². The molecule has 5 nitrogen and oxygen atoms in total. The van der Waals surface area contributed by atoms with Crippen LogP contribution in [-0.2, 0) is 17.2 Å². The molecule has 0 saturated carbocycles. The number of pyridine rings is 1. The molecule has 1 N–H and O–H groups in total. The zero-order valence-corrected chi connectivity index (χ0v) is 10.5. The first-order chi connectivity index (χ1) is 8.78. The van der Waals surface area contributed by atoms with Crippen LogP contribution < -0.4 is 5.32 Å². The highest BCUT2D eigenvalue weighted by atomic mass is 35.5. The van der Waals surface area contributed by atoms with E-state index >= 15 is 0 Å². The number of nitrogens with one attached hydrogen (secondary N) is 1. The molecule has 0 spiro atoms. The molecule has 3 heterocycles. The van der Waals surface area contributed by atoms with Gasteiger partial charge >= 0.3 is 0 Å². The number of hydrogen-bond acceptors (Lipinski definition) is 3. The summed E-state index contributed by atoms with van der Waals surface area (Å²) in [6.45, 7) is 0.717. The van der Waals surface area contributed by atoms with Crippen molar-refractivity contribution in [2.45, 2.75) is 31.3 Å². The van der Waals surface area contributed by atoms with Crippen molar-refractivity contribution >= 4 is 28.5 Å². The van der Waals surface area contributed by atoms with Crippen molar-refractivity contribution in [3.63, 3.8) is 0 Å². The Kier molecular flexibility index (Phi) is 2.91. The van der Waals surface area contributed by atoms with E-state index < -0.39 is 0 Å². The van der Waals surface area contributed by atoms with E-state index in [-0.39, 0.29) is 11.9 Å². The number of aromatic nitrogens is 3. The van der Waals surface area contributed by atoms with E-state index in [0.29, 0.717) is 18.8 Å². The maximum absolute atomic E-state index is 11.2. The van der Waals surface area contributed by atoms with Crippen LogP contribution in [0.5, 0.6) is 0 Å². The molecule has 18 heavy (non-hydrogen) atoms. The minimum Gasteiger partial charge on any atom is -0.352 e. The van der Waals surface area contributed by atoms with Gasteiger partial charge in [-0.15, -0.1) is 11.6 Å². The van der Waals surface area contributed by atoms with Crippen molar-refractivity contribution in [3.05, 3.63) is 24.3 Å². The number of fused-ring (bicyclic) bond motifs is 1. The third kappa shape index (κ3) is 1.95. The number of carbonyl (C=O) groups is 1. The molecule has 1 amide bonds. The molecule has 2 aromatic rings. The van der Waals surface area contributed by atoms with Crippen molar-refractivity contribution in [3.8, 4) is 0 Å². The van der Waals surface area contributed by atoms with E-state index in [1.807, 2.05) is 6.07 Å². The van der Waals surface area contributed by atoms with E-state index in [4.69, 9.17) is 11.6 Å². The molecule has 0 radical (unpaired) electrons. The summed E-state index contributed by atoms with van der Waals surface area (Å²) in [5.74, 6) is 1.30. The Bertz CT molecular complexity index is 595. The monoisotopic (exact) mass is 264 g/mol. The molecule has 0 bridgehead atoms. The standard InChI is InChI=1S/C12H13ClN4O/c13-5-11-16-9-6-14-4-3-10(9)17(11)7-8-1-2-12(18)15-8/h3-4,6,8H,1-2,5,7H2,(H,15,18). The lowest BCUT2D eigenvalue weighted by Gasteiger charge is -2.13. The Morgan fingerprint density at radius 1 is 1.56 bits per heavy atom. The van der Waals surface area contributed by atoms with Gasteiger partial charge in [0.2, 0.25) is 5.91 Å². The summed E-state index contributed by atoms with van der Waals surface area (Å²) in [4.78, 5) is 19.7. The molecule has 2 aromatic heterocycles. The van der Waals surface area contributed by atoms with Crippen molar-refractivity contribution in [1.82, 2.24) is 19.9 Å². The second-order valence-corrected chi connectivity index (χ2v) is 4.71. The zero-order chi connectivity index (χ0) is 12.5. The number of rotatable bonds is 3. The van der Waals surface area contributed by atoms with E-state index in [1.54, 1.807) is 12.4 Å². The van der Waals surface area contributed by atoms with Crippen LogP contribution >= 0.6 is 11.6 Å². The quantitative estimate of drug-likeness (QED) is 0.854. The number of carbonyl (C=O) groups excluding carboxylic acids is 1. The molecule has 1 unspecified atom stereocenters. The van der Waals surface area contributed by atoms with Gasteiger partial charge in [-0.05, 0) is 12.5 Å². The SMILES string of the molecule is O=C1CCC(Cn2c(CCl)nc3cnccc32)N1. The molecular formula is C12H13ClN4O. The Hall–Kier alpha value is -1.62. The summed E-state index contributed by atoms with van der Waals surface area (Å²) >= 11 is 5.93. The highest BCUT2D eigenvalue weighted by Gasteiger charge is 2.22. The van der Waals surface area contributed by atoms with E-state index in [1.165, 1.54) is 0 Å². The third-order valence-electron chi connectivity index (χ3n) is 3.24. The van der Waals surface area contributed by atoms with Gasteiger partial charge in [0.05, 0.1) is 17.6 Å². The van der Waals surface area contributed by atoms with Gasteiger partial charge in [-0.3, -0.25) is 9.78 Å². The minimum atomic E-state index is 0.124. The average molecular weight is 265 g/mol. The topological polar surface area (TPSA) is 59.8 Å². The molecule has 1 fully saturated rings. The first-order valence-corrected chi connectivity index (χ1v) is 6.46. The van der Waals surface area contributed by atoms with Crippen LogP contribution in [0.3, 0.4) is 0 Å². The van der Waals surface area contributed by atoms with Gasteiger partial charge < -0.3 is 9.88 Å². The summed E-state index contributed by atoms with van der Waals surface area (Å²) in [6, 6.07) is 2.10. The third-order valence-corrected chi connectivity index (χ3v) is 3.48. The van der Waals surface area contributed by atoms with Crippen LogP contribution in [0.4, 0.5) is 0 Å². The van der Waals surface area contributed by atoms with Gasteiger partial charge in [0.25, 0.3) is 0 Å². The summed E-state index contributed by atoms with van der Waals surface area (Å²) in [7, 11) is 0. The maximum Gasteiger partial charge on any atom is 0.220 e. The van der Waals surface area contributed by atoms with Crippen LogP contribution in [0.2, 0.25) is 0 Å². The summed E-state index contributed by atoms with van der Waals surface area (Å²) in [5.41, 5.74) is 1.86. The molecule has 1 saturated heterocycles. The first kappa shape index (κ1) is 11.5. The maximum atomic E-state index is 11.2. The number of amides is 1. The lowest BCUT2D eigenvalue weighted by molar-refractivity contribution is -0.119. The molecule has 1 aliphatic heterocycles. The first-order valence-electron chi connectivity index (χ1n) is 5.92. The smallest absolute Gasteiger partial charge is 0.220 e. The van der Waals surface area contributed by atoms with Crippen molar-refractivity contribution in [2.24, 2.45) is 0 Å². The number of imidazole rings is 1. The highest BCUT2D eigenvalue weighted by Crippen LogP contribution is 2.19. The fourth-order valence-electron chi connectivity index (χ4n) is 2.37. The Morgan fingerprint density at radius 2 is 2.44 bits per heavy atom. The van der Waals surface area contributed by atoms with Crippen molar-refractivity contribution in [2.75, 3.05) is 0 Å². The van der Waals surface area contributed by atoms with Crippen molar-refractivity contribution in [1.29, 1.82) is 0 Å². The summed E-state index contributed by atoms with van der Waals surface area (Å²) in [5, 5.41) is 2.96. The van der Waals surface area contributed by atoms with Gasteiger partial charge in [-0.1, -0.05) is 0 Å². The molecule has 6 heteroatoms. The zero-order valence-electron chi connectivity index (χ0n) is 9.77. The van der Waals surface area contributed by atoms with Gasteiger partial charge in [0.1, 0.15) is 11.3 Å². The van der Waals surface area contributed by atoms with Crippen LogP contribution in [0, 0.1) is 0 Å². The Morgan fingerprint density at radius 3 is 3.17 bits per heavy atom. The molecule has 1 atom stereocenters. The highest BCUT2D eigenvalue weighted by molar-refractivity contribution is 6.16. The van der Waals surface area contributed by atoms with Crippen molar-refractivity contribution < 1.29 is 4.79 Å². The van der Waals surface area contributed by atoms with Gasteiger partial charge in [0, 0.05) is 25.2 Å². The lowest BCUT2D eigenvalue weighted by Crippen LogP contribution is -2.30. The molecule has 1 aliphatic rings. The van der Waals surface area contributed by atoms with Gasteiger partial charge in [-0.2, -0.15) is 0 Å². The average Bonchev–Trinajstić information content (AvgIpc) is 2.94. The predicted octanol–water partition coefficient (Wildman–Crippen LogP) is 1.45. The molecule has 0 aliphatic carbocycles. The van der Waals surface area contributed by atoms with Gasteiger partial charge in [-0.25, -0.2) is 4.98 Å². The number of nitrogens with zero attached hydrogens (tertiary/aromatic N) is 3. The fraction of sp³-hybridized carbons (Fsp3) is 0.417. The number of alkyl halides is 1. The van der Waals surface area contributed by atoms with Crippen LogP contribution in [0.1, 0.15) is 18.7 Å². The summed E-state index contributed by atoms with van der Waals surface area (Å²) < 4.78 is 2.07. The number of halogens is 1. The Labute approximate surface area is 109 Å².